The molecule has 0 radical (unpaired) electrons. The fourth-order valence-electron chi connectivity index (χ4n) is 4.76. The molecule has 1 heterocycles. The number of esters is 1. The number of rotatable bonds is 7. The van der Waals surface area contributed by atoms with Gasteiger partial charge in [-0.05, 0) is 37.2 Å². The van der Waals surface area contributed by atoms with E-state index in [4.69, 9.17) is 4.74 Å². The van der Waals surface area contributed by atoms with Gasteiger partial charge in [-0.1, -0.05) is 49.4 Å². The molecule has 7 heteroatoms. The van der Waals surface area contributed by atoms with E-state index in [1.807, 2.05) is 56.3 Å². The lowest BCUT2D eigenvalue weighted by molar-refractivity contribution is -0.146. The molecule has 2 aliphatic carbocycles. The fraction of sp³-hybridized carbons (Fsp3) is 0.375. The van der Waals surface area contributed by atoms with Crippen LogP contribution in [0.2, 0.25) is 0 Å². The summed E-state index contributed by atoms with van der Waals surface area (Å²) in [6, 6.07) is 9.52. The monoisotopic (exact) mass is 439 g/mol. The van der Waals surface area contributed by atoms with E-state index in [9.17, 15) is 19.5 Å². The molecule has 162 valence electrons. The van der Waals surface area contributed by atoms with Crippen LogP contribution in [0.5, 0.6) is 0 Å². The predicted octanol–water partition coefficient (Wildman–Crippen LogP) is 4.75. The predicted molar refractivity (Wildman–Crippen MR) is 119 cm³/mol. The number of aliphatic carboxylic acids is 1. The van der Waals surface area contributed by atoms with Gasteiger partial charge in [0, 0.05) is 10.4 Å². The van der Waals surface area contributed by atoms with Gasteiger partial charge in [-0.15, -0.1) is 11.3 Å². The molecule has 31 heavy (non-hydrogen) atoms. The van der Waals surface area contributed by atoms with Crippen molar-refractivity contribution in [3.63, 3.8) is 0 Å². The zero-order valence-corrected chi connectivity index (χ0v) is 18.3. The van der Waals surface area contributed by atoms with Gasteiger partial charge in [0.15, 0.2) is 0 Å². The summed E-state index contributed by atoms with van der Waals surface area (Å²) in [5.41, 5.74) is 1.94. The SMILES string of the molecule is CCCOC(=O)c1c(NC(=O)[C@@H]2[C@H](C(=O)O)[C@H]3C=C[C@H]2C3)sc(C)c1-c1ccccc1. The van der Waals surface area contributed by atoms with Crippen LogP contribution in [-0.4, -0.2) is 29.6 Å². The van der Waals surface area contributed by atoms with Gasteiger partial charge < -0.3 is 15.2 Å². The number of allylic oxidation sites excluding steroid dienone is 2. The van der Waals surface area contributed by atoms with Crippen LogP contribution in [0, 0.1) is 30.6 Å². The van der Waals surface area contributed by atoms with Gasteiger partial charge in [-0.3, -0.25) is 9.59 Å². The van der Waals surface area contributed by atoms with Crippen molar-refractivity contribution in [3.8, 4) is 11.1 Å². The summed E-state index contributed by atoms with van der Waals surface area (Å²) in [4.78, 5) is 38.9. The first-order valence-electron chi connectivity index (χ1n) is 10.5. The summed E-state index contributed by atoms with van der Waals surface area (Å²) in [6.45, 7) is 4.11. The van der Waals surface area contributed by atoms with Gasteiger partial charge in [0.05, 0.1) is 18.4 Å². The summed E-state index contributed by atoms with van der Waals surface area (Å²) in [6.07, 6.45) is 5.22. The zero-order chi connectivity index (χ0) is 22.1. The molecule has 2 aliphatic rings. The van der Waals surface area contributed by atoms with Gasteiger partial charge in [0.2, 0.25) is 5.91 Å². The van der Waals surface area contributed by atoms with E-state index in [0.717, 1.165) is 16.0 Å². The molecule has 0 spiro atoms. The summed E-state index contributed by atoms with van der Waals surface area (Å²) < 4.78 is 5.42. The van der Waals surface area contributed by atoms with Crippen LogP contribution in [0.25, 0.3) is 11.1 Å². The number of carbonyl (C=O) groups excluding carboxylic acids is 2. The Morgan fingerprint density at radius 2 is 1.81 bits per heavy atom. The molecule has 0 aliphatic heterocycles. The Kier molecular flexibility index (Phi) is 5.96. The molecular weight excluding hydrogens is 414 g/mol. The van der Waals surface area contributed by atoms with Crippen molar-refractivity contribution in [2.24, 2.45) is 23.7 Å². The standard InChI is InChI=1S/C24H25NO5S/c1-3-11-30-24(29)20-17(14-7-5-4-6-8-14)13(2)31-22(20)25-21(26)18-15-9-10-16(12-15)19(18)23(27)28/h4-10,15-16,18-19H,3,11-12H2,1-2H3,(H,25,26)(H,27,28)/t15-,16-,18-,19+/m0/s1. The van der Waals surface area contributed by atoms with Gasteiger partial charge in [0.1, 0.15) is 10.6 Å². The third-order valence-corrected chi connectivity index (χ3v) is 7.09. The van der Waals surface area contributed by atoms with Crippen molar-refractivity contribution in [2.75, 3.05) is 11.9 Å². The van der Waals surface area contributed by atoms with Crippen LogP contribution < -0.4 is 5.32 Å². The summed E-state index contributed by atoms with van der Waals surface area (Å²) in [5.74, 6) is -3.37. The van der Waals surface area contributed by atoms with Crippen LogP contribution in [-0.2, 0) is 14.3 Å². The first-order valence-corrected chi connectivity index (χ1v) is 11.3. The van der Waals surface area contributed by atoms with Crippen molar-refractivity contribution in [3.05, 3.63) is 52.9 Å². The minimum absolute atomic E-state index is 0.0868. The number of hydrogen-bond acceptors (Lipinski definition) is 5. The van der Waals surface area contributed by atoms with E-state index >= 15 is 0 Å². The summed E-state index contributed by atoms with van der Waals surface area (Å²) >= 11 is 1.32. The molecule has 2 bridgehead atoms. The highest BCUT2D eigenvalue weighted by Gasteiger charge is 2.51. The van der Waals surface area contributed by atoms with Gasteiger partial charge in [-0.2, -0.15) is 0 Å². The second-order valence-electron chi connectivity index (χ2n) is 8.07. The van der Waals surface area contributed by atoms with Crippen molar-refractivity contribution < 1.29 is 24.2 Å². The first kappa shape index (κ1) is 21.3. The normalized spacial score (nSPS) is 23.7. The molecule has 1 aromatic carbocycles. The van der Waals surface area contributed by atoms with Gasteiger partial charge in [0.25, 0.3) is 0 Å². The Morgan fingerprint density at radius 1 is 1.13 bits per heavy atom. The van der Waals surface area contributed by atoms with Crippen LogP contribution >= 0.6 is 11.3 Å². The molecular formula is C24H25NO5S. The number of aryl methyl sites for hydroxylation is 1. The third-order valence-electron chi connectivity index (χ3n) is 6.07. The van der Waals surface area contributed by atoms with Crippen molar-refractivity contribution in [2.45, 2.75) is 26.7 Å². The Hall–Kier alpha value is -2.93. The Balaban J connectivity index is 1.70. The average molecular weight is 440 g/mol. The minimum atomic E-state index is -0.952. The average Bonchev–Trinajstić information content (AvgIpc) is 3.45. The zero-order valence-electron chi connectivity index (χ0n) is 17.5. The molecule has 1 aromatic heterocycles. The number of benzene rings is 1. The van der Waals surface area contributed by atoms with Crippen LogP contribution in [0.1, 0.15) is 35.0 Å². The molecule has 6 nitrogen and oxygen atoms in total. The Bertz CT molecular complexity index is 1040. The number of amides is 1. The van der Waals surface area contributed by atoms with Gasteiger partial charge >= 0.3 is 11.9 Å². The molecule has 2 aromatic rings. The number of ether oxygens (including phenoxy) is 1. The number of anilines is 1. The quantitative estimate of drug-likeness (QED) is 0.480. The maximum atomic E-state index is 13.2. The van der Waals surface area contributed by atoms with Crippen LogP contribution in [0.4, 0.5) is 5.00 Å². The maximum Gasteiger partial charge on any atom is 0.341 e. The fourth-order valence-corrected chi connectivity index (χ4v) is 5.83. The number of thiophene rings is 1. The van der Waals surface area contributed by atoms with E-state index in [1.165, 1.54) is 11.3 Å². The molecule has 4 atom stereocenters. The highest BCUT2D eigenvalue weighted by atomic mass is 32.1. The van der Waals surface area contributed by atoms with Crippen LogP contribution in [0.15, 0.2) is 42.5 Å². The van der Waals surface area contributed by atoms with E-state index in [2.05, 4.69) is 5.32 Å². The van der Waals surface area contributed by atoms with Gasteiger partial charge in [-0.25, -0.2) is 4.79 Å². The lowest BCUT2D eigenvalue weighted by Gasteiger charge is -2.23. The third kappa shape index (κ3) is 3.90. The van der Waals surface area contributed by atoms with Crippen LogP contribution in [0.3, 0.4) is 0 Å². The molecule has 1 fully saturated rings. The second-order valence-corrected chi connectivity index (χ2v) is 9.29. The molecule has 2 N–H and O–H groups in total. The van der Waals surface area contributed by atoms with E-state index in [0.29, 0.717) is 23.4 Å². The van der Waals surface area contributed by atoms with E-state index < -0.39 is 23.8 Å². The maximum absolute atomic E-state index is 13.2. The number of carbonyl (C=O) groups is 3. The Labute approximate surface area is 184 Å². The number of carboxylic acid groups (broad SMARTS) is 1. The van der Waals surface area contributed by atoms with Crippen molar-refractivity contribution in [1.29, 1.82) is 0 Å². The molecule has 4 rings (SSSR count). The number of carboxylic acids is 1. The second kappa shape index (κ2) is 8.67. The Morgan fingerprint density at radius 3 is 2.45 bits per heavy atom. The lowest BCUT2D eigenvalue weighted by Crippen LogP contribution is -2.36. The smallest absolute Gasteiger partial charge is 0.341 e. The van der Waals surface area contributed by atoms with Crippen molar-refractivity contribution in [1.82, 2.24) is 0 Å². The molecule has 1 saturated carbocycles. The number of fused-ring (bicyclic) bond motifs is 2. The largest absolute Gasteiger partial charge is 0.481 e. The summed E-state index contributed by atoms with van der Waals surface area (Å²) in [5, 5.41) is 13.0. The highest BCUT2D eigenvalue weighted by molar-refractivity contribution is 7.17. The number of nitrogens with one attached hydrogen (secondary N) is 1. The van der Waals surface area contributed by atoms with Crippen molar-refractivity contribution >= 4 is 34.2 Å². The lowest BCUT2D eigenvalue weighted by atomic mass is 9.82. The highest BCUT2D eigenvalue weighted by Crippen LogP contribution is 2.49. The summed E-state index contributed by atoms with van der Waals surface area (Å²) in [7, 11) is 0. The number of hydrogen-bond donors (Lipinski definition) is 2. The molecule has 0 unspecified atom stereocenters. The molecule has 1 amide bonds. The minimum Gasteiger partial charge on any atom is -0.481 e. The van der Waals surface area contributed by atoms with E-state index in [1.54, 1.807) is 0 Å². The topological polar surface area (TPSA) is 92.7 Å². The first-order chi connectivity index (χ1) is 14.9. The van der Waals surface area contributed by atoms with E-state index in [-0.39, 0.29) is 24.3 Å². The molecule has 0 saturated heterocycles.